The Balaban J connectivity index is 1.91. The molecule has 3 rings (SSSR count). The minimum Gasteiger partial charge on any atom is -0.353 e. The van der Waals surface area contributed by atoms with Gasteiger partial charge in [-0.2, -0.15) is 0 Å². The molecule has 1 aliphatic heterocycles. The lowest BCUT2D eigenvalue weighted by atomic mass is 9.98. The van der Waals surface area contributed by atoms with Crippen molar-refractivity contribution in [2.24, 2.45) is 5.92 Å². The molecule has 1 atom stereocenters. The molecule has 8 nitrogen and oxygen atoms in total. The molecule has 2 aromatic carbocycles. The van der Waals surface area contributed by atoms with Crippen LogP contribution < -0.4 is 10.6 Å². The number of piperazine rings is 1. The van der Waals surface area contributed by atoms with Crippen LogP contribution in [-0.2, 0) is 4.79 Å². The fourth-order valence-electron chi connectivity index (χ4n) is 3.34. The molecular formula is C20H22N4O4. The van der Waals surface area contributed by atoms with Crippen LogP contribution in [0.25, 0.3) is 0 Å². The number of nitro benzene ring substituents is 1. The summed E-state index contributed by atoms with van der Waals surface area (Å²) < 4.78 is 0. The molecule has 1 saturated heterocycles. The topological polar surface area (TPSA) is 105 Å². The molecule has 2 amide bonds. The van der Waals surface area contributed by atoms with Gasteiger partial charge in [0.25, 0.3) is 11.6 Å². The molecule has 0 radical (unpaired) electrons. The molecule has 1 heterocycles. The van der Waals surface area contributed by atoms with E-state index in [4.69, 9.17) is 0 Å². The smallest absolute Gasteiger partial charge is 0.293 e. The van der Waals surface area contributed by atoms with Crippen LogP contribution >= 0.6 is 0 Å². The Labute approximate surface area is 162 Å². The zero-order chi connectivity index (χ0) is 20.3. The van der Waals surface area contributed by atoms with Gasteiger partial charge in [0.05, 0.1) is 4.92 Å². The highest BCUT2D eigenvalue weighted by atomic mass is 16.6. The van der Waals surface area contributed by atoms with E-state index in [0.29, 0.717) is 24.5 Å². The summed E-state index contributed by atoms with van der Waals surface area (Å²) in [7, 11) is 0. The van der Waals surface area contributed by atoms with Crippen LogP contribution in [0.2, 0.25) is 0 Å². The monoisotopic (exact) mass is 382 g/mol. The minimum atomic E-state index is -0.595. The summed E-state index contributed by atoms with van der Waals surface area (Å²) in [6.45, 7) is 4.46. The van der Waals surface area contributed by atoms with Crippen LogP contribution in [0.1, 0.15) is 24.2 Å². The van der Waals surface area contributed by atoms with E-state index in [1.807, 2.05) is 32.0 Å². The lowest BCUT2D eigenvalue weighted by Gasteiger charge is -2.37. The molecule has 28 heavy (non-hydrogen) atoms. The predicted octanol–water partition coefficient (Wildman–Crippen LogP) is 2.94. The fourth-order valence-corrected chi connectivity index (χ4v) is 3.34. The summed E-state index contributed by atoms with van der Waals surface area (Å²) in [6.07, 6.45) is 0. The van der Waals surface area contributed by atoms with Crippen LogP contribution in [0, 0.1) is 16.0 Å². The number of rotatable bonds is 5. The minimum absolute atomic E-state index is 0.0711. The van der Waals surface area contributed by atoms with Crippen molar-refractivity contribution in [2.45, 2.75) is 19.9 Å². The van der Waals surface area contributed by atoms with Crippen molar-refractivity contribution in [3.63, 3.8) is 0 Å². The van der Waals surface area contributed by atoms with Gasteiger partial charge in [0.15, 0.2) is 0 Å². The number of nitrogens with one attached hydrogen (secondary N) is 2. The second-order valence-corrected chi connectivity index (χ2v) is 6.96. The number of amides is 2. The van der Waals surface area contributed by atoms with Crippen LogP contribution in [0.5, 0.6) is 0 Å². The molecule has 0 saturated carbocycles. The largest absolute Gasteiger partial charge is 0.353 e. The Hall–Kier alpha value is -3.42. The maximum atomic E-state index is 13.0. The number of carbonyl (C=O) groups excluding carboxylic acids is 2. The number of hydrogen-bond donors (Lipinski definition) is 2. The van der Waals surface area contributed by atoms with Crippen molar-refractivity contribution in [3.8, 4) is 0 Å². The summed E-state index contributed by atoms with van der Waals surface area (Å²) in [5.74, 6) is -0.660. The van der Waals surface area contributed by atoms with Gasteiger partial charge in [-0.05, 0) is 30.2 Å². The van der Waals surface area contributed by atoms with Crippen LogP contribution in [-0.4, -0.2) is 40.8 Å². The van der Waals surface area contributed by atoms with Gasteiger partial charge in [-0.25, -0.2) is 0 Å². The number of benzene rings is 2. The van der Waals surface area contributed by atoms with Crippen molar-refractivity contribution in [1.82, 2.24) is 10.2 Å². The zero-order valence-corrected chi connectivity index (χ0v) is 15.7. The van der Waals surface area contributed by atoms with Gasteiger partial charge in [-0.15, -0.1) is 0 Å². The summed E-state index contributed by atoms with van der Waals surface area (Å²) >= 11 is 0. The van der Waals surface area contributed by atoms with Crippen molar-refractivity contribution in [2.75, 3.05) is 18.4 Å². The van der Waals surface area contributed by atoms with Gasteiger partial charge >= 0.3 is 0 Å². The van der Waals surface area contributed by atoms with Crippen molar-refractivity contribution < 1.29 is 14.5 Å². The van der Waals surface area contributed by atoms with Gasteiger partial charge in [0, 0.05) is 30.4 Å². The van der Waals surface area contributed by atoms with Gasteiger partial charge in [-0.3, -0.25) is 19.7 Å². The molecule has 0 aromatic heterocycles. The van der Waals surface area contributed by atoms with Crippen molar-refractivity contribution in [1.29, 1.82) is 0 Å². The molecule has 1 aliphatic rings. The summed E-state index contributed by atoms with van der Waals surface area (Å²) in [5, 5.41) is 17.3. The maximum Gasteiger partial charge on any atom is 0.293 e. The molecule has 0 aliphatic carbocycles. The third kappa shape index (κ3) is 3.95. The third-order valence-electron chi connectivity index (χ3n) is 4.64. The quantitative estimate of drug-likeness (QED) is 0.611. The van der Waals surface area contributed by atoms with Crippen LogP contribution in [0.3, 0.4) is 0 Å². The van der Waals surface area contributed by atoms with E-state index in [2.05, 4.69) is 10.6 Å². The number of anilines is 2. The van der Waals surface area contributed by atoms with Crippen molar-refractivity contribution in [3.05, 3.63) is 64.2 Å². The second kappa shape index (κ2) is 8.08. The van der Waals surface area contributed by atoms with Gasteiger partial charge in [-0.1, -0.05) is 32.0 Å². The van der Waals surface area contributed by atoms with Crippen molar-refractivity contribution >= 4 is 28.9 Å². The van der Waals surface area contributed by atoms with Gasteiger partial charge < -0.3 is 15.5 Å². The Morgan fingerprint density at radius 2 is 1.96 bits per heavy atom. The first-order valence-corrected chi connectivity index (χ1v) is 9.07. The lowest BCUT2D eigenvalue weighted by Crippen LogP contribution is -2.59. The Bertz CT molecular complexity index is 898. The average Bonchev–Trinajstić information content (AvgIpc) is 2.68. The van der Waals surface area contributed by atoms with E-state index in [1.54, 1.807) is 18.2 Å². The number of para-hydroxylation sites is 1. The normalized spacial score (nSPS) is 16.6. The summed E-state index contributed by atoms with van der Waals surface area (Å²) in [5.41, 5.74) is 0.990. The molecule has 1 unspecified atom stereocenters. The molecular weight excluding hydrogens is 360 g/mol. The molecule has 146 valence electrons. The van der Waals surface area contributed by atoms with Crippen LogP contribution in [0.15, 0.2) is 48.5 Å². The van der Waals surface area contributed by atoms with E-state index >= 15 is 0 Å². The Morgan fingerprint density at radius 1 is 1.25 bits per heavy atom. The number of hydrogen-bond acceptors (Lipinski definition) is 5. The van der Waals surface area contributed by atoms with Gasteiger partial charge in [0.1, 0.15) is 11.7 Å². The number of nitrogens with zero attached hydrogens (tertiary/aromatic N) is 2. The Kier molecular flexibility index (Phi) is 5.58. The highest BCUT2D eigenvalue weighted by molar-refractivity contribution is 5.99. The summed E-state index contributed by atoms with van der Waals surface area (Å²) in [4.78, 5) is 37.7. The third-order valence-corrected chi connectivity index (χ3v) is 4.64. The van der Waals surface area contributed by atoms with E-state index in [1.165, 1.54) is 17.0 Å². The first-order chi connectivity index (χ1) is 13.4. The van der Waals surface area contributed by atoms with E-state index in [-0.39, 0.29) is 29.0 Å². The first-order valence-electron chi connectivity index (χ1n) is 9.07. The predicted molar refractivity (Wildman–Crippen MR) is 105 cm³/mol. The average molecular weight is 382 g/mol. The highest BCUT2D eigenvalue weighted by Gasteiger charge is 2.36. The standard InChI is InChI=1S/C20H22N4O4/c1-13(2)18-19(25)21-10-11-23(18)20(26)14-8-9-16(17(12-14)24(27)28)22-15-6-4-3-5-7-15/h3-9,12-13,18,22H,10-11H2,1-2H3,(H,21,25). The molecule has 1 fully saturated rings. The Morgan fingerprint density at radius 3 is 2.61 bits per heavy atom. The summed E-state index contributed by atoms with van der Waals surface area (Å²) in [6, 6.07) is 12.8. The zero-order valence-electron chi connectivity index (χ0n) is 15.7. The van der Waals surface area contributed by atoms with Crippen LogP contribution in [0.4, 0.5) is 17.1 Å². The SMILES string of the molecule is CC(C)C1C(=O)NCCN1C(=O)c1ccc(Nc2ccccc2)c([N+](=O)[O-])c1. The molecule has 0 spiro atoms. The molecule has 2 N–H and O–H groups in total. The highest BCUT2D eigenvalue weighted by Crippen LogP contribution is 2.29. The maximum absolute atomic E-state index is 13.0. The fraction of sp³-hybridized carbons (Fsp3) is 0.300. The van der Waals surface area contributed by atoms with Gasteiger partial charge in [0.2, 0.25) is 5.91 Å². The lowest BCUT2D eigenvalue weighted by molar-refractivity contribution is -0.383. The van der Waals surface area contributed by atoms with E-state index in [9.17, 15) is 19.7 Å². The number of carbonyl (C=O) groups is 2. The number of nitro groups is 1. The second-order valence-electron chi connectivity index (χ2n) is 6.96. The molecule has 2 aromatic rings. The molecule has 0 bridgehead atoms. The molecule has 8 heteroatoms. The van der Waals surface area contributed by atoms with E-state index in [0.717, 1.165) is 0 Å². The van der Waals surface area contributed by atoms with E-state index < -0.39 is 11.0 Å². The first kappa shape index (κ1) is 19.3.